The number of rotatable bonds is 4. The van der Waals surface area contributed by atoms with Crippen LogP contribution in [0.25, 0.3) is 0 Å². The van der Waals surface area contributed by atoms with E-state index >= 15 is 0 Å². The molecule has 0 amide bonds. The normalized spacial score (nSPS) is 10.3. The average molecular weight is 227 g/mol. The SMILES string of the molecule is CC(C)c1ccccc1NNc1ccccn1. The maximum Gasteiger partial charge on any atom is 0.144 e. The number of nitrogens with zero attached hydrogens (tertiary/aromatic N) is 1. The standard InChI is InChI=1S/C14H17N3/c1-11(2)12-7-3-4-8-13(12)16-17-14-9-5-6-10-15-14/h3-11,16H,1-2H3,(H,15,17). The quantitative estimate of drug-likeness (QED) is 0.783. The third-order valence-electron chi connectivity index (χ3n) is 2.57. The fourth-order valence-electron chi connectivity index (χ4n) is 1.68. The number of pyridine rings is 1. The fraction of sp³-hybridized carbons (Fsp3) is 0.214. The summed E-state index contributed by atoms with van der Waals surface area (Å²) in [6.07, 6.45) is 1.76. The van der Waals surface area contributed by atoms with Gasteiger partial charge in [-0.15, -0.1) is 0 Å². The van der Waals surface area contributed by atoms with Gasteiger partial charge in [-0.2, -0.15) is 0 Å². The summed E-state index contributed by atoms with van der Waals surface area (Å²) in [5.74, 6) is 1.30. The van der Waals surface area contributed by atoms with Crippen LogP contribution < -0.4 is 10.9 Å². The fourth-order valence-corrected chi connectivity index (χ4v) is 1.68. The lowest BCUT2D eigenvalue weighted by atomic mass is 10.0. The van der Waals surface area contributed by atoms with Gasteiger partial charge in [0.2, 0.25) is 0 Å². The first kappa shape index (κ1) is 11.5. The van der Waals surface area contributed by atoms with Gasteiger partial charge in [0.25, 0.3) is 0 Å². The molecule has 1 aromatic carbocycles. The van der Waals surface area contributed by atoms with Crippen molar-refractivity contribution in [3.05, 3.63) is 54.2 Å². The largest absolute Gasteiger partial charge is 0.299 e. The van der Waals surface area contributed by atoms with E-state index in [1.807, 2.05) is 24.3 Å². The highest BCUT2D eigenvalue weighted by atomic mass is 15.4. The summed E-state index contributed by atoms with van der Waals surface area (Å²) in [5, 5.41) is 0. The number of benzene rings is 1. The zero-order chi connectivity index (χ0) is 12.1. The lowest BCUT2D eigenvalue weighted by Gasteiger charge is -2.15. The van der Waals surface area contributed by atoms with Crippen LogP contribution in [0.2, 0.25) is 0 Å². The molecule has 0 unspecified atom stereocenters. The molecule has 1 heterocycles. The van der Waals surface area contributed by atoms with Crippen molar-refractivity contribution in [3.63, 3.8) is 0 Å². The first-order chi connectivity index (χ1) is 8.27. The number of aromatic nitrogens is 1. The Labute approximate surface area is 102 Å². The second-order valence-electron chi connectivity index (χ2n) is 4.21. The van der Waals surface area contributed by atoms with E-state index < -0.39 is 0 Å². The summed E-state index contributed by atoms with van der Waals surface area (Å²) >= 11 is 0. The van der Waals surface area contributed by atoms with Gasteiger partial charge in [-0.1, -0.05) is 38.1 Å². The van der Waals surface area contributed by atoms with E-state index in [0.29, 0.717) is 5.92 Å². The van der Waals surface area contributed by atoms with Crippen molar-refractivity contribution in [1.29, 1.82) is 0 Å². The molecule has 0 fully saturated rings. The van der Waals surface area contributed by atoms with Crippen molar-refractivity contribution in [2.45, 2.75) is 19.8 Å². The zero-order valence-corrected chi connectivity index (χ0v) is 10.1. The Hall–Kier alpha value is -2.03. The van der Waals surface area contributed by atoms with Crippen LogP contribution in [0.5, 0.6) is 0 Å². The van der Waals surface area contributed by atoms with E-state index in [4.69, 9.17) is 0 Å². The Morgan fingerprint density at radius 2 is 1.71 bits per heavy atom. The molecule has 0 aliphatic heterocycles. The highest BCUT2D eigenvalue weighted by Crippen LogP contribution is 2.23. The van der Waals surface area contributed by atoms with Crippen molar-refractivity contribution in [2.24, 2.45) is 0 Å². The van der Waals surface area contributed by atoms with Gasteiger partial charge < -0.3 is 0 Å². The topological polar surface area (TPSA) is 37.0 Å². The first-order valence-electron chi connectivity index (χ1n) is 5.79. The smallest absolute Gasteiger partial charge is 0.144 e. The van der Waals surface area contributed by atoms with E-state index in [1.165, 1.54) is 5.56 Å². The first-order valence-corrected chi connectivity index (χ1v) is 5.79. The molecule has 2 rings (SSSR count). The van der Waals surface area contributed by atoms with Crippen molar-refractivity contribution in [1.82, 2.24) is 4.98 Å². The molecule has 0 saturated heterocycles. The number of anilines is 2. The number of hydrogen-bond donors (Lipinski definition) is 2. The minimum Gasteiger partial charge on any atom is -0.299 e. The predicted molar refractivity (Wildman–Crippen MR) is 72.0 cm³/mol. The number of nitrogens with one attached hydrogen (secondary N) is 2. The Morgan fingerprint density at radius 3 is 2.41 bits per heavy atom. The van der Waals surface area contributed by atoms with Crippen molar-refractivity contribution < 1.29 is 0 Å². The summed E-state index contributed by atoms with van der Waals surface area (Å²) in [4.78, 5) is 4.19. The lowest BCUT2D eigenvalue weighted by Crippen LogP contribution is -2.11. The molecule has 0 saturated carbocycles. The molecular weight excluding hydrogens is 210 g/mol. The van der Waals surface area contributed by atoms with Crippen LogP contribution in [-0.4, -0.2) is 4.98 Å². The van der Waals surface area contributed by atoms with E-state index in [2.05, 4.69) is 47.9 Å². The minimum absolute atomic E-state index is 0.490. The summed E-state index contributed by atoms with van der Waals surface area (Å²) in [5.41, 5.74) is 8.67. The molecule has 3 nitrogen and oxygen atoms in total. The second kappa shape index (κ2) is 5.34. The lowest BCUT2D eigenvalue weighted by molar-refractivity contribution is 0.868. The molecule has 0 bridgehead atoms. The van der Waals surface area contributed by atoms with Crippen LogP contribution >= 0.6 is 0 Å². The van der Waals surface area contributed by atoms with E-state index in [1.54, 1.807) is 6.20 Å². The van der Waals surface area contributed by atoms with E-state index in [9.17, 15) is 0 Å². The molecular formula is C14H17N3. The summed E-state index contributed by atoms with van der Waals surface area (Å²) in [6.45, 7) is 4.36. The minimum atomic E-state index is 0.490. The molecule has 2 aromatic rings. The Kier molecular flexibility index (Phi) is 3.60. The van der Waals surface area contributed by atoms with Crippen molar-refractivity contribution in [3.8, 4) is 0 Å². The number of hydrazine groups is 1. The van der Waals surface area contributed by atoms with Gasteiger partial charge in [-0.25, -0.2) is 4.98 Å². The van der Waals surface area contributed by atoms with E-state index in [-0.39, 0.29) is 0 Å². The third kappa shape index (κ3) is 2.97. The molecule has 0 spiro atoms. The van der Waals surface area contributed by atoms with Crippen molar-refractivity contribution >= 4 is 11.5 Å². The zero-order valence-electron chi connectivity index (χ0n) is 10.1. The Balaban J connectivity index is 2.09. The van der Waals surface area contributed by atoms with Gasteiger partial charge in [-0.3, -0.25) is 10.9 Å². The van der Waals surface area contributed by atoms with Gasteiger partial charge >= 0.3 is 0 Å². The second-order valence-corrected chi connectivity index (χ2v) is 4.21. The Bertz CT molecular complexity index is 466. The average Bonchev–Trinajstić information content (AvgIpc) is 2.38. The van der Waals surface area contributed by atoms with E-state index in [0.717, 1.165) is 11.5 Å². The molecule has 88 valence electrons. The molecule has 2 N–H and O–H groups in total. The molecule has 1 aromatic heterocycles. The van der Waals surface area contributed by atoms with Gasteiger partial charge in [0.05, 0.1) is 5.69 Å². The third-order valence-corrected chi connectivity index (χ3v) is 2.57. The number of hydrogen-bond acceptors (Lipinski definition) is 3. The molecule has 17 heavy (non-hydrogen) atoms. The molecule has 0 radical (unpaired) electrons. The molecule has 0 atom stereocenters. The molecule has 3 heteroatoms. The molecule has 0 aliphatic rings. The maximum atomic E-state index is 4.19. The summed E-state index contributed by atoms with van der Waals surface area (Å²) in [7, 11) is 0. The monoisotopic (exact) mass is 227 g/mol. The van der Waals surface area contributed by atoms with Crippen LogP contribution in [-0.2, 0) is 0 Å². The van der Waals surface area contributed by atoms with Crippen LogP contribution in [0, 0.1) is 0 Å². The van der Waals surface area contributed by atoms with Crippen LogP contribution in [0.1, 0.15) is 25.3 Å². The predicted octanol–water partition coefficient (Wildman–Crippen LogP) is 3.64. The van der Waals surface area contributed by atoms with Crippen LogP contribution in [0.4, 0.5) is 11.5 Å². The van der Waals surface area contributed by atoms with Gasteiger partial charge in [0.1, 0.15) is 5.82 Å². The van der Waals surface area contributed by atoms with Crippen LogP contribution in [0.15, 0.2) is 48.7 Å². The van der Waals surface area contributed by atoms with Crippen LogP contribution in [0.3, 0.4) is 0 Å². The van der Waals surface area contributed by atoms with Gasteiger partial charge in [-0.05, 0) is 29.7 Å². The summed E-state index contributed by atoms with van der Waals surface area (Å²) in [6, 6.07) is 14.0. The van der Waals surface area contributed by atoms with Gasteiger partial charge in [0, 0.05) is 6.20 Å². The maximum absolute atomic E-state index is 4.19. The number of para-hydroxylation sites is 1. The highest BCUT2D eigenvalue weighted by Gasteiger charge is 2.04. The Morgan fingerprint density at radius 1 is 0.941 bits per heavy atom. The van der Waals surface area contributed by atoms with Gasteiger partial charge in [0.15, 0.2) is 0 Å². The highest BCUT2D eigenvalue weighted by molar-refractivity contribution is 5.55. The summed E-state index contributed by atoms with van der Waals surface area (Å²) < 4.78 is 0. The molecule has 0 aliphatic carbocycles. The van der Waals surface area contributed by atoms with Crippen molar-refractivity contribution in [2.75, 3.05) is 10.9 Å².